The molecule has 7 nitrogen and oxygen atoms in total. The number of hydrogen-bond acceptors (Lipinski definition) is 4. The second kappa shape index (κ2) is 5.43. The normalized spacial score (nSPS) is 17.8. The molecule has 24 heavy (non-hydrogen) atoms. The molecule has 0 radical (unpaired) electrons. The van der Waals surface area contributed by atoms with Crippen molar-refractivity contribution >= 4 is 16.9 Å². The number of pyridine rings is 1. The minimum absolute atomic E-state index is 0.0228. The summed E-state index contributed by atoms with van der Waals surface area (Å²) >= 11 is 0. The molecule has 1 saturated heterocycles. The number of likely N-dealkylation sites (tertiary alicyclic amines) is 1. The van der Waals surface area contributed by atoms with Crippen molar-refractivity contribution in [3.63, 3.8) is 0 Å². The van der Waals surface area contributed by atoms with Crippen molar-refractivity contribution in [3.8, 4) is 0 Å². The smallest absolute Gasteiger partial charge is 0.255 e. The van der Waals surface area contributed by atoms with Gasteiger partial charge in [0.05, 0.1) is 29.0 Å². The second-order valence-electron chi connectivity index (χ2n) is 6.46. The number of aromatic nitrogens is 5. The van der Waals surface area contributed by atoms with Crippen LogP contribution in [0.15, 0.2) is 24.5 Å². The van der Waals surface area contributed by atoms with Gasteiger partial charge in [0.25, 0.3) is 5.91 Å². The van der Waals surface area contributed by atoms with E-state index >= 15 is 0 Å². The van der Waals surface area contributed by atoms with Crippen LogP contribution < -0.4 is 0 Å². The molecule has 0 spiro atoms. The lowest BCUT2D eigenvalue weighted by atomic mass is 10.2. The summed E-state index contributed by atoms with van der Waals surface area (Å²) in [6.45, 7) is 5.48. The zero-order valence-corrected chi connectivity index (χ0v) is 14.1. The van der Waals surface area contributed by atoms with Crippen molar-refractivity contribution in [2.45, 2.75) is 26.3 Å². The molecule has 7 heteroatoms. The first-order chi connectivity index (χ1) is 11.5. The Balaban J connectivity index is 1.56. The SMILES string of the molecule is Cc1cc(C)n(C2CCN(C(=O)c3cnc4cnn(C)c4c3)C2)n1. The lowest BCUT2D eigenvalue weighted by molar-refractivity contribution is 0.0786. The first-order valence-electron chi connectivity index (χ1n) is 8.12. The van der Waals surface area contributed by atoms with Gasteiger partial charge in [0.2, 0.25) is 0 Å². The van der Waals surface area contributed by atoms with E-state index in [2.05, 4.69) is 28.2 Å². The van der Waals surface area contributed by atoms with Crippen LogP contribution in [-0.2, 0) is 7.05 Å². The third-order valence-electron chi connectivity index (χ3n) is 4.69. The van der Waals surface area contributed by atoms with Crippen molar-refractivity contribution in [2.24, 2.45) is 7.05 Å². The Labute approximate surface area is 139 Å². The predicted octanol–water partition coefficient (Wildman–Crippen LogP) is 1.87. The van der Waals surface area contributed by atoms with Crippen LogP contribution in [0.5, 0.6) is 0 Å². The Morgan fingerprint density at radius 3 is 2.83 bits per heavy atom. The van der Waals surface area contributed by atoms with Gasteiger partial charge in [0.15, 0.2) is 0 Å². The molecule has 1 aliphatic heterocycles. The Morgan fingerprint density at radius 1 is 1.25 bits per heavy atom. The number of nitrogens with zero attached hydrogens (tertiary/aromatic N) is 6. The monoisotopic (exact) mass is 324 g/mol. The van der Waals surface area contributed by atoms with E-state index in [9.17, 15) is 4.79 Å². The predicted molar refractivity (Wildman–Crippen MR) is 89.8 cm³/mol. The van der Waals surface area contributed by atoms with Crippen molar-refractivity contribution in [1.29, 1.82) is 0 Å². The van der Waals surface area contributed by atoms with Crippen LogP contribution in [0.3, 0.4) is 0 Å². The minimum Gasteiger partial charge on any atom is -0.336 e. The van der Waals surface area contributed by atoms with Gasteiger partial charge >= 0.3 is 0 Å². The van der Waals surface area contributed by atoms with E-state index in [1.165, 1.54) is 0 Å². The fraction of sp³-hybridized carbons (Fsp3) is 0.412. The summed E-state index contributed by atoms with van der Waals surface area (Å²) in [6, 6.07) is 4.19. The summed E-state index contributed by atoms with van der Waals surface area (Å²) in [7, 11) is 1.85. The van der Waals surface area contributed by atoms with Crippen molar-refractivity contribution in [2.75, 3.05) is 13.1 Å². The minimum atomic E-state index is 0.0228. The van der Waals surface area contributed by atoms with Crippen LogP contribution >= 0.6 is 0 Å². The van der Waals surface area contributed by atoms with Crippen molar-refractivity contribution in [3.05, 3.63) is 41.5 Å². The molecule has 1 fully saturated rings. The van der Waals surface area contributed by atoms with E-state index in [0.717, 1.165) is 35.4 Å². The van der Waals surface area contributed by atoms with Gasteiger partial charge in [-0.3, -0.25) is 19.1 Å². The van der Waals surface area contributed by atoms with E-state index in [-0.39, 0.29) is 11.9 Å². The van der Waals surface area contributed by atoms with Crippen molar-refractivity contribution < 1.29 is 4.79 Å². The Hall–Kier alpha value is -2.70. The average molecular weight is 324 g/mol. The molecule has 4 heterocycles. The molecular formula is C17H20N6O. The molecule has 1 atom stereocenters. The second-order valence-corrected chi connectivity index (χ2v) is 6.46. The third kappa shape index (κ3) is 2.36. The van der Waals surface area contributed by atoms with Crippen LogP contribution in [0.25, 0.3) is 11.0 Å². The first kappa shape index (κ1) is 14.9. The van der Waals surface area contributed by atoms with Crippen LogP contribution in [-0.4, -0.2) is 48.4 Å². The summed E-state index contributed by atoms with van der Waals surface area (Å²) < 4.78 is 3.78. The van der Waals surface area contributed by atoms with Gasteiger partial charge in [-0.2, -0.15) is 10.2 Å². The highest BCUT2D eigenvalue weighted by Gasteiger charge is 2.29. The van der Waals surface area contributed by atoms with Crippen molar-refractivity contribution in [1.82, 2.24) is 29.4 Å². The molecule has 1 aliphatic rings. The van der Waals surface area contributed by atoms with Crippen LogP contribution in [0.1, 0.15) is 34.2 Å². The van der Waals surface area contributed by atoms with Gasteiger partial charge in [-0.25, -0.2) is 0 Å². The van der Waals surface area contributed by atoms with Gasteiger partial charge in [0, 0.05) is 32.0 Å². The molecule has 0 bridgehead atoms. The topological polar surface area (TPSA) is 68.8 Å². The number of carbonyl (C=O) groups excluding carboxylic acids is 1. The zero-order chi connectivity index (χ0) is 16.8. The van der Waals surface area contributed by atoms with E-state index in [0.29, 0.717) is 12.1 Å². The van der Waals surface area contributed by atoms with Gasteiger partial charge in [0.1, 0.15) is 5.52 Å². The van der Waals surface area contributed by atoms with Crippen LogP contribution in [0, 0.1) is 13.8 Å². The maximum Gasteiger partial charge on any atom is 0.255 e. The number of aryl methyl sites for hydroxylation is 3. The van der Waals surface area contributed by atoms with E-state index in [4.69, 9.17) is 0 Å². The molecule has 3 aromatic heterocycles. The van der Waals surface area contributed by atoms with Crippen LogP contribution in [0.4, 0.5) is 0 Å². The summed E-state index contributed by atoms with van der Waals surface area (Å²) in [6.07, 6.45) is 4.27. The highest BCUT2D eigenvalue weighted by atomic mass is 16.2. The van der Waals surface area contributed by atoms with Gasteiger partial charge in [-0.05, 0) is 32.4 Å². The standard InChI is InChI=1S/C17H20N6O/c1-11-6-12(2)23(20-11)14-4-5-22(10-14)17(24)13-7-16-15(18-8-13)9-19-21(16)3/h6-9,14H,4-5,10H2,1-3H3. The maximum absolute atomic E-state index is 12.8. The first-order valence-corrected chi connectivity index (χ1v) is 8.12. The molecule has 0 N–H and O–H groups in total. The highest BCUT2D eigenvalue weighted by molar-refractivity contribution is 5.96. The van der Waals surface area contributed by atoms with E-state index < -0.39 is 0 Å². The van der Waals surface area contributed by atoms with Gasteiger partial charge < -0.3 is 4.90 Å². The quantitative estimate of drug-likeness (QED) is 0.721. The molecule has 0 saturated carbocycles. The molecule has 3 aromatic rings. The Kier molecular flexibility index (Phi) is 3.37. The van der Waals surface area contributed by atoms with E-state index in [1.54, 1.807) is 17.1 Å². The zero-order valence-electron chi connectivity index (χ0n) is 14.1. The van der Waals surface area contributed by atoms with Gasteiger partial charge in [-0.15, -0.1) is 0 Å². The summed E-state index contributed by atoms with van der Waals surface area (Å²) in [5, 5.41) is 8.73. The summed E-state index contributed by atoms with van der Waals surface area (Å²) in [5.74, 6) is 0.0228. The lowest BCUT2D eigenvalue weighted by Crippen LogP contribution is -2.29. The third-order valence-corrected chi connectivity index (χ3v) is 4.69. The fourth-order valence-corrected chi connectivity index (χ4v) is 3.47. The van der Waals surface area contributed by atoms with Crippen LogP contribution in [0.2, 0.25) is 0 Å². The number of hydrogen-bond donors (Lipinski definition) is 0. The molecule has 1 unspecified atom stereocenters. The average Bonchev–Trinajstić information content (AvgIpc) is 3.26. The maximum atomic E-state index is 12.8. The van der Waals surface area contributed by atoms with E-state index in [1.807, 2.05) is 29.6 Å². The summed E-state index contributed by atoms with van der Waals surface area (Å²) in [5.41, 5.74) is 4.44. The number of fused-ring (bicyclic) bond motifs is 1. The number of rotatable bonds is 2. The number of carbonyl (C=O) groups is 1. The Bertz CT molecular complexity index is 924. The highest BCUT2D eigenvalue weighted by Crippen LogP contribution is 2.25. The largest absolute Gasteiger partial charge is 0.336 e. The summed E-state index contributed by atoms with van der Waals surface area (Å²) in [4.78, 5) is 19.0. The molecule has 1 amide bonds. The molecule has 0 aliphatic carbocycles. The fourth-order valence-electron chi connectivity index (χ4n) is 3.47. The molecular weight excluding hydrogens is 304 g/mol. The molecule has 0 aromatic carbocycles. The van der Waals surface area contributed by atoms with Gasteiger partial charge in [-0.1, -0.05) is 0 Å². The number of amides is 1. The lowest BCUT2D eigenvalue weighted by Gasteiger charge is -2.17. The Morgan fingerprint density at radius 2 is 2.08 bits per heavy atom. The molecule has 124 valence electrons. The molecule has 4 rings (SSSR count).